The van der Waals surface area contributed by atoms with Crippen LogP contribution in [0, 0.1) is 5.82 Å². The third-order valence-electron chi connectivity index (χ3n) is 7.01. The van der Waals surface area contributed by atoms with Gasteiger partial charge in [-0.05, 0) is 67.3 Å². The summed E-state index contributed by atoms with van der Waals surface area (Å²) in [6.45, 7) is 1.57. The van der Waals surface area contributed by atoms with Crippen LogP contribution in [0.1, 0.15) is 53.1 Å². The number of thiol groups is 1. The Hall–Kier alpha value is -3.77. The standard InChI is InChI=1S/C28H22ClF4N3O4S/c1-15(41(38)39)17-4-2-16(3-5-17)12-23(37)34-20-13-21(29)24(22(30)14-20)27(10-11-27)26-35-25(40-36-26)18-6-8-19(9-7-18)28(31,32)33/h2-9,13-15,41H,10-12H2,1H3,(H,34,37). The van der Waals surface area contributed by atoms with Gasteiger partial charge >= 0.3 is 6.18 Å². The molecule has 0 spiro atoms. The largest absolute Gasteiger partial charge is 0.416 e. The van der Waals surface area contributed by atoms with Crippen LogP contribution >= 0.6 is 11.6 Å². The van der Waals surface area contributed by atoms with Crippen LogP contribution in [-0.4, -0.2) is 24.5 Å². The number of hydrogen-bond donors (Lipinski definition) is 2. The van der Waals surface area contributed by atoms with Crippen molar-refractivity contribution in [3.8, 4) is 11.5 Å². The first-order valence-corrected chi connectivity index (χ1v) is 14.0. The van der Waals surface area contributed by atoms with E-state index in [9.17, 15) is 26.4 Å². The van der Waals surface area contributed by atoms with E-state index in [0.29, 0.717) is 24.0 Å². The van der Waals surface area contributed by atoms with Crippen molar-refractivity contribution in [2.45, 2.75) is 43.0 Å². The summed E-state index contributed by atoms with van der Waals surface area (Å²) >= 11 is 6.48. The Bertz CT molecular complexity index is 1650. The number of anilines is 1. The number of nitrogens with zero attached hydrogens (tertiary/aromatic N) is 2. The van der Waals surface area contributed by atoms with Gasteiger partial charge in [0.25, 0.3) is 5.89 Å². The summed E-state index contributed by atoms with van der Waals surface area (Å²) in [5.74, 6) is -0.963. The maximum atomic E-state index is 15.4. The third kappa shape index (κ3) is 5.98. The van der Waals surface area contributed by atoms with Crippen molar-refractivity contribution in [2.75, 3.05) is 5.32 Å². The van der Waals surface area contributed by atoms with E-state index in [1.165, 1.54) is 18.2 Å². The van der Waals surface area contributed by atoms with Gasteiger partial charge in [-0.1, -0.05) is 41.0 Å². The molecular formula is C28H22ClF4N3O4S. The Morgan fingerprint density at radius 3 is 2.32 bits per heavy atom. The zero-order chi connectivity index (χ0) is 29.5. The molecule has 0 bridgehead atoms. The SMILES string of the molecule is CC(c1ccc(CC(=O)Nc2cc(F)c(C3(c4noc(-c5ccc(C(F)(F)F)cc5)n4)CC3)c(Cl)c2)cc1)[SH](=O)=O. The van der Waals surface area contributed by atoms with Gasteiger partial charge in [-0.15, -0.1) is 0 Å². The molecule has 214 valence electrons. The zero-order valence-electron chi connectivity index (χ0n) is 21.3. The minimum Gasteiger partial charge on any atom is -0.334 e. The average molecular weight is 608 g/mol. The number of nitrogens with one attached hydrogen (secondary N) is 1. The highest BCUT2D eigenvalue weighted by atomic mass is 35.5. The normalized spacial score (nSPS) is 15.1. The number of alkyl halides is 3. The lowest BCUT2D eigenvalue weighted by Gasteiger charge is -2.16. The van der Waals surface area contributed by atoms with E-state index in [1.54, 1.807) is 31.2 Å². The number of hydrogen-bond acceptors (Lipinski definition) is 6. The van der Waals surface area contributed by atoms with E-state index in [2.05, 4.69) is 15.5 Å². The molecule has 1 aliphatic carbocycles. The van der Waals surface area contributed by atoms with E-state index in [1.807, 2.05) is 0 Å². The Labute approximate surface area is 238 Å². The first kappa shape index (κ1) is 28.7. The van der Waals surface area contributed by atoms with E-state index in [4.69, 9.17) is 16.1 Å². The predicted molar refractivity (Wildman–Crippen MR) is 144 cm³/mol. The highest BCUT2D eigenvalue weighted by Gasteiger charge is 2.53. The maximum absolute atomic E-state index is 15.4. The first-order valence-electron chi connectivity index (χ1n) is 12.4. The Morgan fingerprint density at radius 2 is 1.76 bits per heavy atom. The van der Waals surface area contributed by atoms with Crippen LogP contribution in [0.4, 0.5) is 23.2 Å². The van der Waals surface area contributed by atoms with E-state index >= 15 is 4.39 Å². The fraction of sp³-hybridized carbons (Fsp3) is 0.250. The molecule has 1 N–H and O–H groups in total. The molecule has 41 heavy (non-hydrogen) atoms. The summed E-state index contributed by atoms with van der Waals surface area (Å²) in [6.07, 6.45) is -3.57. The van der Waals surface area contributed by atoms with Crippen LogP contribution in [0.3, 0.4) is 0 Å². The number of benzene rings is 3. The topological polar surface area (TPSA) is 102 Å². The molecule has 1 saturated carbocycles. The summed E-state index contributed by atoms with van der Waals surface area (Å²) < 4.78 is 81.6. The summed E-state index contributed by atoms with van der Waals surface area (Å²) in [5, 5.41) is 5.98. The van der Waals surface area contributed by atoms with Gasteiger partial charge in [-0.2, -0.15) is 18.2 Å². The molecule has 1 heterocycles. The molecule has 0 saturated heterocycles. The predicted octanol–water partition coefficient (Wildman–Crippen LogP) is 6.48. The smallest absolute Gasteiger partial charge is 0.334 e. The van der Waals surface area contributed by atoms with Crippen molar-refractivity contribution in [3.63, 3.8) is 0 Å². The van der Waals surface area contributed by atoms with Gasteiger partial charge in [-0.25, -0.2) is 12.8 Å². The van der Waals surface area contributed by atoms with E-state index < -0.39 is 44.8 Å². The van der Waals surface area contributed by atoms with Gasteiger partial charge in [0, 0.05) is 21.8 Å². The van der Waals surface area contributed by atoms with Crippen LogP contribution in [0.15, 0.2) is 65.2 Å². The highest BCUT2D eigenvalue weighted by molar-refractivity contribution is 7.72. The summed E-state index contributed by atoms with van der Waals surface area (Å²) in [5.41, 5.74) is 0.0236. The molecule has 1 aromatic heterocycles. The van der Waals surface area contributed by atoms with Gasteiger partial charge < -0.3 is 9.84 Å². The van der Waals surface area contributed by atoms with Crippen LogP contribution in [0.5, 0.6) is 0 Å². The van der Waals surface area contributed by atoms with Gasteiger partial charge in [0.2, 0.25) is 5.91 Å². The molecule has 5 rings (SSSR count). The number of aromatic nitrogens is 2. The summed E-state index contributed by atoms with van der Waals surface area (Å²) in [6, 6.07) is 13.4. The fourth-order valence-corrected chi connectivity index (χ4v) is 5.38. The molecule has 1 aliphatic rings. The van der Waals surface area contributed by atoms with Crippen LogP contribution in [-0.2, 0) is 33.5 Å². The number of halogens is 5. The Kier molecular flexibility index (Phi) is 7.64. The molecule has 3 aromatic carbocycles. The van der Waals surface area contributed by atoms with Crippen molar-refractivity contribution in [1.82, 2.24) is 10.1 Å². The number of carbonyl (C=O) groups is 1. The molecule has 7 nitrogen and oxygen atoms in total. The van der Waals surface area contributed by atoms with Crippen molar-refractivity contribution >= 4 is 33.9 Å². The second kappa shape index (κ2) is 10.9. The molecule has 1 unspecified atom stereocenters. The summed E-state index contributed by atoms with van der Waals surface area (Å²) in [4.78, 5) is 16.9. The monoisotopic (exact) mass is 607 g/mol. The van der Waals surface area contributed by atoms with Crippen molar-refractivity contribution in [2.24, 2.45) is 0 Å². The van der Waals surface area contributed by atoms with Gasteiger partial charge in [0.15, 0.2) is 5.82 Å². The molecule has 4 aromatic rings. The van der Waals surface area contributed by atoms with Gasteiger partial charge in [0.05, 0.1) is 22.6 Å². The van der Waals surface area contributed by atoms with Crippen molar-refractivity contribution < 1.29 is 35.3 Å². The van der Waals surface area contributed by atoms with Gasteiger partial charge in [-0.3, -0.25) is 4.79 Å². The number of carbonyl (C=O) groups excluding carboxylic acids is 1. The minimum absolute atomic E-state index is 0.00950. The van der Waals surface area contributed by atoms with E-state index in [0.717, 1.165) is 18.2 Å². The molecule has 1 amide bonds. The van der Waals surface area contributed by atoms with Crippen LogP contribution in [0.25, 0.3) is 11.5 Å². The average Bonchev–Trinajstić information content (AvgIpc) is 3.53. The molecule has 0 aliphatic heterocycles. The number of rotatable bonds is 8. The summed E-state index contributed by atoms with van der Waals surface area (Å²) in [7, 11) is -2.61. The molecule has 1 atom stereocenters. The second-order valence-corrected chi connectivity index (χ2v) is 11.6. The molecular weight excluding hydrogens is 586 g/mol. The van der Waals surface area contributed by atoms with Crippen LogP contribution < -0.4 is 5.32 Å². The lowest BCUT2D eigenvalue weighted by atomic mass is 9.94. The van der Waals surface area contributed by atoms with Crippen molar-refractivity contribution in [1.29, 1.82) is 0 Å². The highest BCUT2D eigenvalue weighted by Crippen LogP contribution is 2.55. The molecule has 0 radical (unpaired) electrons. The minimum atomic E-state index is -4.48. The van der Waals surface area contributed by atoms with Crippen molar-refractivity contribution in [3.05, 3.63) is 99.6 Å². The molecule has 1 fully saturated rings. The maximum Gasteiger partial charge on any atom is 0.416 e. The zero-order valence-corrected chi connectivity index (χ0v) is 23.0. The number of amides is 1. The lowest BCUT2D eigenvalue weighted by molar-refractivity contribution is -0.137. The Balaban J connectivity index is 1.31. The second-order valence-electron chi connectivity index (χ2n) is 9.82. The van der Waals surface area contributed by atoms with Gasteiger partial charge in [0.1, 0.15) is 16.5 Å². The fourth-order valence-electron chi connectivity index (χ4n) is 4.58. The quantitative estimate of drug-likeness (QED) is 0.176. The third-order valence-corrected chi connectivity index (χ3v) is 8.24. The molecule has 13 heteroatoms. The van der Waals surface area contributed by atoms with Crippen LogP contribution in [0.2, 0.25) is 5.02 Å². The lowest BCUT2D eigenvalue weighted by Crippen LogP contribution is -2.17. The Morgan fingerprint density at radius 1 is 1.10 bits per heavy atom. The van der Waals surface area contributed by atoms with E-state index in [-0.39, 0.29) is 40.0 Å². The first-order chi connectivity index (χ1) is 19.4.